The molecule has 1 aliphatic rings. The van der Waals surface area contributed by atoms with Crippen molar-refractivity contribution in [3.8, 4) is 28.6 Å². The van der Waals surface area contributed by atoms with Crippen molar-refractivity contribution in [2.24, 2.45) is 5.73 Å². The van der Waals surface area contributed by atoms with Crippen LogP contribution in [0.25, 0.3) is 17.1 Å². The van der Waals surface area contributed by atoms with Crippen LogP contribution in [0.1, 0.15) is 30.0 Å². The summed E-state index contributed by atoms with van der Waals surface area (Å²) in [6.07, 6.45) is -0.0265. The van der Waals surface area contributed by atoms with Gasteiger partial charge in [0.25, 0.3) is 5.91 Å². The molecular weight excluding hydrogens is 410 g/mol. The second-order valence-corrected chi connectivity index (χ2v) is 7.95. The predicted molar refractivity (Wildman–Crippen MR) is 119 cm³/mol. The van der Waals surface area contributed by atoms with Gasteiger partial charge in [-0.1, -0.05) is 12.1 Å². The van der Waals surface area contributed by atoms with Crippen LogP contribution in [-0.4, -0.2) is 63.1 Å². The Morgan fingerprint density at radius 2 is 1.88 bits per heavy atom. The molecule has 0 radical (unpaired) electrons. The first-order chi connectivity index (χ1) is 15.4. The molecule has 9 nitrogen and oxygen atoms in total. The summed E-state index contributed by atoms with van der Waals surface area (Å²) < 4.78 is 12.6. The number of aromatic hydroxyl groups is 1. The first kappa shape index (κ1) is 21.8. The Balaban J connectivity index is 1.67. The van der Waals surface area contributed by atoms with E-state index >= 15 is 0 Å². The third-order valence-corrected chi connectivity index (χ3v) is 5.17. The number of hydrogen-bond donors (Lipinski definition) is 2. The number of phenolic OH excluding ortho intramolecular Hbond substituents is 1. The SMILES string of the molecule is CC(C)Oc1ccc(-c2nnc(C(N)=O)n2-c2ccc(CN3CCOCC3)cc2)c(O)c1. The van der Waals surface area contributed by atoms with Crippen molar-refractivity contribution in [2.75, 3.05) is 26.3 Å². The molecule has 3 N–H and O–H groups in total. The monoisotopic (exact) mass is 437 g/mol. The summed E-state index contributed by atoms with van der Waals surface area (Å²) in [6, 6.07) is 12.7. The topological polar surface area (TPSA) is 116 Å². The van der Waals surface area contributed by atoms with Gasteiger partial charge in [0, 0.05) is 31.4 Å². The maximum Gasteiger partial charge on any atom is 0.287 e. The number of ether oxygens (including phenoxy) is 2. The highest BCUT2D eigenvalue weighted by atomic mass is 16.5. The maximum atomic E-state index is 12.0. The second-order valence-electron chi connectivity index (χ2n) is 7.95. The summed E-state index contributed by atoms with van der Waals surface area (Å²) in [4.78, 5) is 14.4. The Hall–Kier alpha value is -3.43. The summed E-state index contributed by atoms with van der Waals surface area (Å²) in [5.74, 6) is 0.100. The number of nitrogens with two attached hydrogens (primary N) is 1. The van der Waals surface area contributed by atoms with Crippen LogP contribution in [0.3, 0.4) is 0 Å². The molecule has 1 aliphatic heterocycles. The summed E-state index contributed by atoms with van der Waals surface area (Å²) in [7, 11) is 0. The lowest BCUT2D eigenvalue weighted by Gasteiger charge is -2.26. The van der Waals surface area contributed by atoms with Gasteiger partial charge >= 0.3 is 0 Å². The number of benzene rings is 2. The normalized spacial score (nSPS) is 14.6. The van der Waals surface area contributed by atoms with Crippen molar-refractivity contribution in [3.05, 3.63) is 53.9 Å². The average Bonchev–Trinajstić information content (AvgIpc) is 3.20. The number of carbonyl (C=O) groups excluding carboxylic acids is 1. The maximum absolute atomic E-state index is 12.0. The number of rotatable bonds is 7. The van der Waals surface area contributed by atoms with Crippen molar-refractivity contribution in [2.45, 2.75) is 26.5 Å². The van der Waals surface area contributed by atoms with Gasteiger partial charge in [0.15, 0.2) is 5.82 Å². The van der Waals surface area contributed by atoms with E-state index in [4.69, 9.17) is 15.2 Å². The number of hydrogen-bond acceptors (Lipinski definition) is 7. The number of nitrogens with zero attached hydrogens (tertiary/aromatic N) is 4. The minimum absolute atomic E-state index is 0.0113. The van der Waals surface area contributed by atoms with Crippen LogP contribution in [0.15, 0.2) is 42.5 Å². The Morgan fingerprint density at radius 1 is 1.16 bits per heavy atom. The van der Waals surface area contributed by atoms with Crippen LogP contribution in [-0.2, 0) is 11.3 Å². The van der Waals surface area contributed by atoms with Crippen LogP contribution >= 0.6 is 0 Å². The summed E-state index contributed by atoms with van der Waals surface area (Å²) in [5, 5.41) is 18.7. The summed E-state index contributed by atoms with van der Waals surface area (Å²) in [5.41, 5.74) is 7.78. The number of morpholine rings is 1. The molecule has 0 unspecified atom stereocenters. The average molecular weight is 438 g/mol. The van der Waals surface area contributed by atoms with Crippen molar-refractivity contribution < 1.29 is 19.4 Å². The second kappa shape index (κ2) is 9.37. The van der Waals surface area contributed by atoms with Crippen LogP contribution in [0.5, 0.6) is 11.5 Å². The lowest BCUT2D eigenvalue weighted by Crippen LogP contribution is -2.35. The fourth-order valence-corrected chi connectivity index (χ4v) is 3.68. The zero-order valence-corrected chi connectivity index (χ0v) is 18.2. The van der Waals surface area contributed by atoms with Crippen LogP contribution < -0.4 is 10.5 Å². The Bertz CT molecular complexity index is 1090. The zero-order valence-electron chi connectivity index (χ0n) is 18.2. The minimum Gasteiger partial charge on any atom is -0.507 e. The largest absolute Gasteiger partial charge is 0.507 e. The van der Waals surface area contributed by atoms with Crippen molar-refractivity contribution in [1.82, 2.24) is 19.7 Å². The van der Waals surface area contributed by atoms with Crippen molar-refractivity contribution in [1.29, 1.82) is 0 Å². The molecule has 1 saturated heterocycles. The molecule has 0 atom stereocenters. The van der Waals surface area contributed by atoms with E-state index < -0.39 is 5.91 Å². The molecule has 0 saturated carbocycles. The number of primary amides is 1. The molecule has 32 heavy (non-hydrogen) atoms. The van der Waals surface area contributed by atoms with Gasteiger partial charge in [-0.15, -0.1) is 10.2 Å². The molecule has 9 heteroatoms. The molecule has 1 aromatic heterocycles. The van der Waals surface area contributed by atoms with Crippen LogP contribution in [0.4, 0.5) is 0 Å². The van der Waals surface area contributed by atoms with Gasteiger partial charge < -0.3 is 20.3 Å². The highest BCUT2D eigenvalue weighted by Gasteiger charge is 2.22. The lowest BCUT2D eigenvalue weighted by atomic mass is 10.1. The standard InChI is InChI=1S/C23H27N5O4/c1-15(2)32-18-7-8-19(20(29)13-18)22-25-26-23(21(24)30)28(22)17-5-3-16(4-6-17)14-27-9-11-31-12-10-27/h3-8,13,15,29H,9-12,14H2,1-2H3,(H2,24,30). The number of aromatic nitrogens is 3. The number of carbonyl (C=O) groups is 1. The van der Waals surface area contributed by atoms with Crippen molar-refractivity contribution in [3.63, 3.8) is 0 Å². The molecule has 2 heterocycles. The summed E-state index contributed by atoms with van der Waals surface area (Å²) >= 11 is 0. The van der Waals surface area contributed by atoms with Crippen LogP contribution in [0.2, 0.25) is 0 Å². The molecular formula is C23H27N5O4. The molecule has 2 aromatic carbocycles. The first-order valence-corrected chi connectivity index (χ1v) is 10.6. The van der Waals surface area contributed by atoms with Gasteiger partial charge in [-0.2, -0.15) is 0 Å². The van der Waals surface area contributed by atoms with E-state index in [1.807, 2.05) is 38.1 Å². The smallest absolute Gasteiger partial charge is 0.287 e. The predicted octanol–water partition coefficient (Wildman–Crippen LogP) is 2.36. The van der Waals surface area contributed by atoms with E-state index in [1.165, 1.54) is 6.07 Å². The van der Waals surface area contributed by atoms with E-state index in [9.17, 15) is 9.90 Å². The van der Waals surface area contributed by atoms with Gasteiger partial charge in [-0.3, -0.25) is 14.3 Å². The quantitative estimate of drug-likeness (QED) is 0.583. The third-order valence-electron chi connectivity index (χ3n) is 5.17. The lowest BCUT2D eigenvalue weighted by molar-refractivity contribution is 0.0342. The summed E-state index contributed by atoms with van der Waals surface area (Å²) in [6.45, 7) is 7.92. The minimum atomic E-state index is -0.708. The van der Waals surface area contributed by atoms with Gasteiger partial charge in [0.2, 0.25) is 5.82 Å². The van der Waals surface area contributed by atoms with Gasteiger partial charge in [0.1, 0.15) is 11.5 Å². The van der Waals surface area contributed by atoms with Crippen LogP contribution in [0, 0.1) is 0 Å². The molecule has 1 amide bonds. The van der Waals surface area contributed by atoms with Gasteiger partial charge in [0.05, 0.1) is 24.9 Å². The molecule has 4 rings (SSSR count). The Labute approximate surface area is 186 Å². The highest BCUT2D eigenvalue weighted by molar-refractivity contribution is 5.90. The van der Waals surface area contributed by atoms with E-state index in [0.29, 0.717) is 22.8 Å². The van der Waals surface area contributed by atoms with E-state index in [1.54, 1.807) is 16.7 Å². The third kappa shape index (κ3) is 4.74. The molecule has 0 aliphatic carbocycles. The number of amides is 1. The molecule has 0 bridgehead atoms. The van der Waals surface area contributed by atoms with Gasteiger partial charge in [-0.05, 0) is 43.7 Å². The molecule has 3 aromatic rings. The zero-order chi connectivity index (χ0) is 22.7. The molecule has 168 valence electrons. The molecule has 1 fully saturated rings. The van der Waals surface area contributed by atoms with E-state index in [2.05, 4.69) is 15.1 Å². The highest BCUT2D eigenvalue weighted by Crippen LogP contribution is 2.33. The first-order valence-electron chi connectivity index (χ1n) is 10.6. The fourth-order valence-electron chi connectivity index (χ4n) is 3.68. The fraction of sp³-hybridized carbons (Fsp3) is 0.348. The van der Waals surface area contributed by atoms with E-state index in [0.717, 1.165) is 38.4 Å². The molecule has 0 spiro atoms. The van der Waals surface area contributed by atoms with Gasteiger partial charge in [-0.25, -0.2) is 0 Å². The number of phenols is 1. The van der Waals surface area contributed by atoms with E-state index in [-0.39, 0.29) is 17.7 Å². The Kier molecular flexibility index (Phi) is 6.38. The van der Waals surface area contributed by atoms with Crippen molar-refractivity contribution >= 4 is 5.91 Å². The Morgan fingerprint density at radius 3 is 2.50 bits per heavy atom.